The van der Waals surface area contributed by atoms with Crippen molar-refractivity contribution in [3.8, 4) is 0 Å². The highest BCUT2D eigenvalue weighted by Crippen LogP contribution is 2.30. The normalized spacial score (nSPS) is 11.9. The minimum absolute atomic E-state index is 0.0185. The summed E-state index contributed by atoms with van der Waals surface area (Å²) in [4.78, 5) is 12.4. The molecular weight excluding hydrogens is 290 g/mol. The van der Waals surface area contributed by atoms with Gasteiger partial charge in [0.25, 0.3) is 0 Å². The molecule has 0 aliphatic rings. The van der Waals surface area contributed by atoms with Crippen LogP contribution in [0, 0.1) is 0 Å². The van der Waals surface area contributed by atoms with Crippen LogP contribution in [0.5, 0.6) is 0 Å². The van der Waals surface area contributed by atoms with Crippen LogP contribution in [0.4, 0.5) is 0 Å². The van der Waals surface area contributed by atoms with E-state index in [1.165, 1.54) is 6.92 Å². The first-order valence-electron chi connectivity index (χ1n) is 6.36. The van der Waals surface area contributed by atoms with E-state index in [1.54, 1.807) is 11.8 Å². The zero-order valence-corrected chi connectivity index (χ0v) is 12.7. The molecule has 0 spiro atoms. The van der Waals surface area contributed by atoms with Gasteiger partial charge >= 0.3 is 0 Å². The molecule has 0 fully saturated rings. The summed E-state index contributed by atoms with van der Waals surface area (Å²) in [6.45, 7) is 1.54. The van der Waals surface area contributed by atoms with E-state index in [2.05, 4.69) is 5.32 Å². The number of carbonyl (C=O) groups is 1. The maximum Gasteiger partial charge on any atom is 0.217 e. The number of rotatable bonds is 5. The van der Waals surface area contributed by atoms with Crippen molar-refractivity contribution in [2.75, 3.05) is 5.75 Å². The zero-order chi connectivity index (χ0) is 14.4. The summed E-state index contributed by atoms with van der Waals surface area (Å²) in [5.74, 6) is 0.714. The fourth-order valence-electron chi connectivity index (χ4n) is 1.89. The van der Waals surface area contributed by atoms with Gasteiger partial charge in [-0.3, -0.25) is 4.79 Å². The van der Waals surface area contributed by atoms with E-state index in [0.29, 0.717) is 0 Å². The number of halogens is 1. The molecule has 0 bridgehead atoms. The van der Waals surface area contributed by atoms with E-state index >= 15 is 0 Å². The summed E-state index contributed by atoms with van der Waals surface area (Å²) in [6.07, 6.45) is 0. The Labute approximate surface area is 128 Å². The SMILES string of the molecule is CC(=O)NC(CSc1ccccc1Cl)c1ccccc1. The standard InChI is InChI=1S/C16H16ClNOS/c1-12(19)18-15(13-7-3-2-4-8-13)11-20-16-10-6-5-9-14(16)17/h2-10,15H,11H2,1H3,(H,18,19). The van der Waals surface area contributed by atoms with E-state index in [4.69, 9.17) is 11.6 Å². The van der Waals surface area contributed by atoms with Gasteiger partial charge < -0.3 is 5.32 Å². The molecule has 2 nitrogen and oxygen atoms in total. The summed E-state index contributed by atoms with van der Waals surface area (Å²) in [6, 6.07) is 17.7. The van der Waals surface area contributed by atoms with Gasteiger partial charge in [0.05, 0.1) is 11.1 Å². The summed E-state index contributed by atoms with van der Waals surface area (Å²) in [7, 11) is 0. The molecule has 4 heteroatoms. The first-order valence-corrected chi connectivity index (χ1v) is 7.72. The molecule has 0 aromatic heterocycles. The van der Waals surface area contributed by atoms with Crippen molar-refractivity contribution in [2.24, 2.45) is 0 Å². The van der Waals surface area contributed by atoms with Crippen molar-refractivity contribution >= 4 is 29.3 Å². The lowest BCUT2D eigenvalue weighted by Crippen LogP contribution is -2.27. The maximum atomic E-state index is 11.4. The van der Waals surface area contributed by atoms with Crippen molar-refractivity contribution < 1.29 is 4.79 Å². The van der Waals surface area contributed by atoms with Gasteiger partial charge in [-0.05, 0) is 17.7 Å². The van der Waals surface area contributed by atoms with Gasteiger partial charge in [-0.2, -0.15) is 0 Å². The second-order valence-corrected chi connectivity index (χ2v) is 5.87. The molecule has 0 heterocycles. The first kappa shape index (κ1) is 14.9. The average Bonchev–Trinajstić information content (AvgIpc) is 2.45. The third-order valence-electron chi connectivity index (χ3n) is 2.82. The molecule has 2 rings (SSSR count). The molecule has 104 valence electrons. The fourth-order valence-corrected chi connectivity index (χ4v) is 3.19. The molecule has 2 aromatic rings. The highest BCUT2D eigenvalue weighted by atomic mass is 35.5. The molecule has 1 N–H and O–H groups in total. The van der Waals surface area contributed by atoms with Crippen LogP contribution in [0.25, 0.3) is 0 Å². The number of hydrogen-bond acceptors (Lipinski definition) is 2. The molecule has 2 aromatic carbocycles. The van der Waals surface area contributed by atoms with E-state index in [-0.39, 0.29) is 11.9 Å². The van der Waals surface area contributed by atoms with Crippen molar-refractivity contribution in [1.82, 2.24) is 5.32 Å². The highest BCUT2D eigenvalue weighted by molar-refractivity contribution is 7.99. The predicted octanol–water partition coefficient (Wildman–Crippen LogP) is 4.31. The number of hydrogen-bond donors (Lipinski definition) is 1. The van der Waals surface area contributed by atoms with Gasteiger partial charge in [0.1, 0.15) is 0 Å². The number of carbonyl (C=O) groups excluding carboxylic acids is 1. The van der Waals surface area contributed by atoms with E-state index in [9.17, 15) is 4.79 Å². The average molecular weight is 306 g/mol. The molecular formula is C16H16ClNOS. The predicted molar refractivity (Wildman–Crippen MR) is 85.2 cm³/mol. The Morgan fingerprint density at radius 3 is 2.45 bits per heavy atom. The van der Waals surface area contributed by atoms with Gasteiger partial charge in [-0.15, -0.1) is 11.8 Å². The molecule has 1 atom stereocenters. The van der Waals surface area contributed by atoms with Crippen LogP contribution in [-0.2, 0) is 4.79 Å². The Balaban J connectivity index is 2.09. The molecule has 20 heavy (non-hydrogen) atoms. The van der Waals surface area contributed by atoms with E-state index < -0.39 is 0 Å². The quantitative estimate of drug-likeness (QED) is 0.834. The molecule has 0 saturated heterocycles. The van der Waals surface area contributed by atoms with Crippen LogP contribution in [0.1, 0.15) is 18.5 Å². The Bertz CT molecular complexity index is 574. The van der Waals surface area contributed by atoms with Crippen LogP contribution in [0.15, 0.2) is 59.5 Å². The van der Waals surface area contributed by atoms with Gasteiger partial charge in [0.15, 0.2) is 0 Å². The van der Waals surface area contributed by atoms with Crippen LogP contribution in [0.3, 0.4) is 0 Å². The Hall–Kier alpha value is -1.45. The van der Waals surface area contributed by atoms with Gasteiger partial charge in [-0.1, -0.05) is 54.1 Å². The second kappa shape index (κ2) is 7.36. The molecule has 0 radical (unpaired) electrons. The van der Waals surface area contributed by atoms with Crippen LogP contribution in [0.2, 0.25) is 5.02 Å². The number of benzene rings is 2. The van der Waals surface area contributed by atoms with Crippen molar-refractivity contribution in [3.05, 3.63) is 65.2 Å². The lowest BCUT2D eigenvalue weighted by atomic mass is 10.1. The zero-order valence-electron chi connectivity index (χ0n) is 11.2. The minimum atomic E-state index is -0.0291. The molecule has 0 aliphatic carbocycles. The smallest absolute Gasteiger partial charge is 0.217 e. The van der Waals surface area contributed by atoms with E-state index in [1.807, 2.05) is 54.6 Å². The number of thioether (sulfide) groups is 1. The number of nitrogens with one attached hydrogen (secondary N) is 1. The van der Waals surface area contributed by atoms with Crippen LogP contribution < -0.4 is 5.32 Å². The minimum Gasteiger partial charge on any atom is -0.349 e. The maximum absolute atomic E-state index is 11.4. The second-order valence-electron chi connectivity index (χ2n) is 4.41. The third-order valence-corrected chi connectivity index (χ3v) is 4.43. The third kappa shape index (κ3) is 4.29. The lowest BCUT2D eigenvalue weighted by molar-refractivity contribution is -0.119. The van der Waals surface area contributed by atoms with Crippen molar-refractivity contribution in [1.29, 1.82) is 0 Å². The Morgan fingerprint density at radius 1 is 1.15 bits per heavy atom. The van der Waals surface area contributed by atoms with Gasteiger partial charge in [0.2, 0.25) is 5.91 Å². The van der Waals surface area contributed by atoms with E-state index in [0.717, 1.165) is 21.2 Å². The highest BCUT2D eigenvalue weighted by Gasteiger charge is 2.13. The van der Waals surface area contributed by atoms with Crippen LogP contribution in [-0.4, -0.2) is 11.7 Å². The number of amides is 1. The molecule has 0 aliphatic heterocycles. The summed E-state index contributed by atoms with van der Waals surface area (Å²) < 4.78 is 0. The molecule has 1 unspecified atom stereocenters. The topological polar surface area (TPSA) is 29.1 Å². The Kier molecular flexibility index (Phi) is 5.50. The fraction of sp³-hybridized carbons (Fsp3) is 0.188. The van der Waals surface area contributed by atoms with Gasteiger partial charge in [-0.25, -0.2) is 0 Å². The molecule has 1 amide bonds. The summed E-state index contributed by atoms with van der Waals surface area (Å²) in [5, 5.41) is 3.73. The summed E-state index contributed by atoms with van der Waals surface area (Å²) >= 11 is 7.80. The lowest BCUT2D eigenvalue weighted by Gasteiger charge is -2.18. The summed E-state index contributed by atoms with van der Waals surface area (Å²) in [5.41, 5.74) is 1.10. The van der Waals surface area contributed by atoms with Crippen molar-refractivity contribution in [3.63, 3.8) is 0 Å². The largest absolute Gasteiger partial charge is 0.349 e. The van der Waals surface area contributed by atoms with Gasteiger partial charge in [0, 0.05) is 17.6 Å². The first-order chi connectivity index (χ1) is 9.66. The van der Waals surface area contributed by atoms with Crippen molar-refractivity contribution in [2.45, 2.75) is 17.9 Å². The Morgan fingerprint density at radius 2 is 1.80 bits per heavy atom. The van der Waals surface area contributed by atoms with Crippen LogP contribution >= 0.6 is 23.4 Å². The molecule has 0 saturated carbocycles. The monoisotopic (exact) mass is 305 g/mol.